The van der Waals surface area contributed by atoms with Gasteiger partial charge < -0.3 is 9.88 Å². The van der Waals surface area contributed by atoms with E-state index in [4.69, 9.17) is 0 Å². The first-order chi connectivity index (χ1) is 8.72. The summed E-state index contributed by atoms with van der Waals surface area (Å²) in [4.78, 5) is 4.38. The molecule has 3 heteroatoms. The van der Waals surface area contributed by atoms with Crippen molar-refractivity contribution in [2.45, 2.75) is 39.9 Å². The second-order valence-electron chi connectivity index (χ2n) is 4.59. The smallest absolute Gasteiger partial charge is 0.122 e. The van der Waals surface area contributed by atoms with Crippen molar-refractivity contribution < 1.29 is 0 Å². The van der Waals surface area contributed by atoms with E-state index in [2.05, 4.69) is 59.9 Å². The molecule has 0 unspecified atom stereocenters. The Morgan fingerprint density at radius 3 is 2.83 bits per heavy atom. The van der Waals surface area contributed by atoms with E-state index < -0.39 is 0 Å². The molecule has 0 aliphatic carbocycles. The standard InChI is InChI=1S/C15H21N3/c1-4-18-10-9-16-15(18)11-17-13(3)14-8-6-5-7-12(14)2/h5-10,13,17H,4,11H2,1-3H3/t13-/m1/s1. The zero-order valence-corrected chi connectivity index (χ0v) is 11.4. The van der Waals surface area contributed by atoms with Gasteiger partial charge in [-0.3, -0.25) is 0 Å². The first-order valence-electron chi connectivity index (χ1n) is 6.51. The molecule has 1 aromatic carbocycles. The van der Waals surface area contributed by atoms with Crippen LogP contribution in [0, 0.1) is 6.92 Å². The number of rotatable bonds is 5. The molecule has 3 nitrogen and oxygen atoms in total. The average Bonchev–Trinajstić information content (AvgIpc) is 2.84. The molecular weight excluding hydrogens is 222 g/mol. The van der Waals surface area contributed by atoms with Crippen LogP contribution < -0.4 is 5.32 Å². The van der Waals surface area contributed by atoms with E-state index in [9.17, 15) is 0 Å². The van der Waals surface area contributed by atoms with Crippen LogP contribution in [0.25, 0.3) is 0 Å². The summed E-state index contributed by atoms with van der Waals surface area (Å²) in [6.45, 7) is 8.25. The van der Waals surface area contributed by atoms with Gasteiger partial charge in [0.2, 0.25) is 0 Å². The third-order valence-electron chi connectivity index (χ3n) is 3.36. The van der Waals surface area contributed by atoms with Gasteiger partial charge in [0.05, 0.1) is 6.54 Å². The van der Waals surface area contributed by atoms with Gasteiger partial charge in [0.1, 0.15) is 5.82 Å². The summed E-state index contributed by atoms with van der Waals surface area (Å²) in [5, 5.41) is 3.53. The lowest BCUT2D eigenvalue weighted by molar-refractivity contribution is 0.538. The normalized spacial score (nSPS) is 12.6. The molecule has 0 amide bonds. The highest BCUT2D eigenvalue weighted by atomic mass is 15.1. The molecule has 1 heterocycles. The van der Waals surface area contributed by atoms with Gasteiger partial charge in [0.15, 0.2) is 0 Å². The Morgan fingerprint density at radius 2 is 2.11 bits per heavy atom. The van der Waals surface area contributed by atoms with Crippen molar-refractivity contribution in [3.05, 3.63) is 53.6 Å². The largest absolute Gasteiger partial charge is 0.334 e. The summed E-state index contributed by atoms with van der Waals surface area (Å²) in [5.41, 5.74) is 2.68. The lowest BCUT2D eigenvalue weighted by Gasteiger charge is -2.16. The van der Waals surface area contributed by atoms with Crippen molar-refractivity contribution in [2.75, 3.05) is 0 Å². The highest BCUT2D eigenvalue weighted by molar-refractivity contribution is 5.28. The fraction of sp³-hybridized carbons (Fsp3) is 0.400. The second-order valence-corrected chi connectivity index (χ2v) is 4.59. The number of nitrogens with one attached hydrogen (secondary N) is 1. The summed E-state index contributed by atoms with van der Waals surface area (Å²) in [6, 6.07) is 8.84. The Balaban J connectivity index is 2.01. The average molecular weight is 243 g/mol. The van der Waals surface area contributed by atoms with Crippen molar-refractivity contribution in [1.29, 1.82) is 0 Å². The Kier molecular flexibility index (Phi) is 4.15. The van der Waals surface area contributed by atoms with Crippen molar-refractivity contribution in [1.82, 2.24) is 14.9 Å². The molecule has 0 fully saturated rings. The van der Waals surface area contributed by atoms with Crippen molar-refractivity contribution >= 4 is 0 Å². The Hall–Kier alpha value is -1.61. The van der Waals surface area contributed by atoms with E-state index in [1.165, 1.54) is 11.1 Å². The quantitative estimate of drug-likeness (QED) is 0.874. The maximum atomic E-state index is 4.38. The van der Waals surface area contributed by atoms with Crippen LogP contribution in [0.2, 0.25) is 0 Å². The predicted molar refractivity (Wildman–Crippen MR) is 74.3 cm³/mol. The molecule has 0 aliphatic heterocycles. The second kappa shape index (κ2) is 5.83. The van der Waals surface area contributed by atoms with Gasteiger partial charge in [-0.1, -0.05) is 24.3 Å². The van der Waals surface area contributed by atoms with Gasteiger partial charge in [-0.2, -0.15) is 0 Å². The van der Waals surface area contributed by atoms with E-state index in [0.717, 1.165) is 18.9 Å². The zero-order chi connectivity index (χ0) is 13.0. The molecule has 96 valence electrons. The monoisotopic (exact) mass is 243 g/mol. The topological polar surface area (TPSA) is 29.9 Å². The molecule has 0 aliphatic rings. The van der Waals surface area contributed by atoms with Crippen LogP contribution in [0.3, 0.4) is 0 Å². The first-order valence-corrected chi connectivity index (χ1v) is 6.51. The van der Waals surface area contributed by atoms with Crippen LogP contribution in [0.5, 0.6) is 0 Å². The lowest BCUT2D eigenvalue weighted by atomic mass is 10.0. The third-order valence-corrected chi connectivity index (χ3v) is 3.36. The molecule has 1 aromatic heterocycles. The number of aromatic nitrogens is 2. The molecule has 2 rings (SSSR count). The fourth-order valence-electron chi connectivity index (χ4n) is 2.22. The number of nitrogens with zero attached hydrogens (tertiary/aromatic N) is 2. The minimum atomic E-state index is 0.341. The Labute approximate surface area is 109 Å². The van der Waals surface area contributed by atoms with E-state index in [1.807, 2.05) is 12.4 Å². The summed E-state index contributed by atoms with van der Waals surface area (Å²) in [7, 11) is 0. The molecular formula is C15H21N3. The van der Waals surface area contributed by atoms with Gasteiger partial charge >= 0.3 is 0 Å². The lowest BCUT2D eigenvalue weighted by Crippen LogP contribution is -2.21. The number of imidazole rings is 1. The molecule has 18 heavy (non-hydrogen) atoms. The number of hydrogen-bond donors (Lipinski definition) is 1. The highest BCUT2D eigenvalue weighted by Gasteiger charge is 2.08. The van der Waals surface area contributed by atoms with Gasteiger partial charge in [0, 0.05) is 25.0 Å². The maximum Gasteiger partial charge on any atom is 0.122 e. The van der Waals surface area contributed by atoms with E-state index in [0.29, 0.717) is 6.04 Å². The summed E-state index contributed by atoms with van der Waals surface area (Å²) >= 11 is 0. The Morgan fingerprint density at radius 1 is 1.33 bits per heavy atom. The van der Waals surface area contributed by atoms with Crippen LogP contribution in [-0.2, 0) is 13.1 Å². The molecule has 0 spiro atoms. The fourth-order valence-corrected chi connectivity index (χ4v) is 2.22. The molecule has 0 radical (unpaired) electrons. The third kappa shape index (κ3) is 2.79. The first kappa shape index (κ1) is 12.8. The van der Waals surface area contributed by atoms with Gasteiger partial charge in [-0.05, 0) is 31.9 Å². The number of hydrogen-bond acceptors (Lipinski definition) is 2. The van der Waals surface area contributed by atoms with Crippen LogP contribution in [0.1, 0.15) is 36.8 Å². The summed E-state index contributed by atoms with van der Waals surface area (Å²) < 4.78 is 2.16. The molecule has 1 N–H and O–H groups in total. The van der Waals surface area contributed by atoms with Crippen molar-refractivity contribution in [2.24, 2.45) is 0 Å². The van der Waals surface area contributed by atoms with Gasteiger partial charge in [0.25, 0.3) is 0 Å². The van der Waals surface area contributed by atoms with Crippen LogP contribution >= 0.6 is 0 Å². The van der Waals surface area contributed by atoms with Gasteiger partial charge in [-0.25, -0.2) is 4.98 Å². The molecule has 2 aromatic rings. The minimum absolute atomic E-state index is 0.341. The summed E-state index contributed by atoms with van der Waals surface area (Å²) in [6.07, 6.45) is 3.88. The minimum Gasteiger partial charge on any atom is -0.334 e. The molecule has 0 saturated heterocycles. The zero-order valence-electron chi connectivity index (χ0n) is 11.4. The van der Waals surface area contributed by atoms with Crippen molar-refractivity contribution in [3.63, 3.8) is 0 Å². The van der Waals surface area contributed by atoms with E-state index in [1.54, 1.807) is 0 Å². The predicted octanol–water partition coefficient (Wildman–Crippen LogP) is 3.06. The SMILES string of the molecule is CCn1ccnc1CN[C@H](C)c1ccccc1C. The van der Waals surface area contributed by atoms with Crippen LogP contribution in [-0.4, -0.2) is 9.55 Å². The number of aryl methyl sites for hydroxylation is 2. The van der Waals surface area contributed by atoms with Crippen molar-refractivity contribution in [3.8, 4) is 0 Å². The van der Waals surface area contributed by atoms with E-state index in [-0.39, 0.29) is 0 Å². The Bertz CT molecular complexity index is 502. The highest BCUT2D eigenvalue weighted by Crippen LogP contribution is 2.16. The van der Waals surface area contributed by atoms with E-state index >= 15 is 0 Å². The maximum absolute atomic E-state index is 4.38. The van der Waals surface area contributed by atoms with Crippen LogP contribution in [0.4, 0.5) is 0 Å². The number of benzene rings is 1. The van der Waals surface area contributed by atoms with Gasteiger partial charge in [-0.15, -0.1) is 0 Å². The molecule has 0 bridgehead atoms. The summed E-state index contributed by atoms with van der Waals surface area (Å²) in [5.74, 6) is 1.10. The molecule has 0 saturated carbocycles. The molecule has 1 atom stereocenters. The van der Waals surface area contributed by atoms with Crippen LogP contribution in [0.15, 0.2) is 36.7 Å².